The van der Waals surface area contributed by atoms with E-state index in [1.807, 2.05) is 6.92 Å². The zero-order chi connectivity index (χ0) is 13.8. The van der Waals surface area contributed by atoms with Crippen molar-refractivity contribution in [3.8, 4) is 0 Å². The van der Waals surface area contributed by atoms with Gasteiger partial charge in [0.25, 0.3) is 5.91 Å². The minimum absolute atomic E-state index is 0.214. The molecule has 0 saturated carbocycles. The van der Waals surface area contributed by atoms with Crippen LogP contribution in [0.15, 0.2) is 22.7 Å². The molecule has 18 heavy (non-hydrogen) atoms. The van der Waals surface area contributed by atoms with Crippen molar-refractivity contribution in [2.24, 2.45) is 0 Å². The quantitative estimate of drug-likeness (QED) is 0.730. The van der Waals surface area contributed by atoms with Crippen molar-refractivity contribution in [1.82, 2.24) is 5.32 Å². The van der Waals surface area contributed by atoms with Crippen LogP contribution in [0, 0.1) is 0 Å². The van der Waals surface area contributed by atoms with Crippen LogP contribution in [0.5, 0.6) is 0 Å². The van der Waals surface area contributed by atoms with Gasteiger partial charge in [-0.15, -0.1) is 0 Å². The molecule has 0 saturated heterocycles. The first-order valence-electron chi connectivity index (χ1n) is 5.91. The molecule has 0 radical (unpaired) electrons. The van der Waals surface area contributed by atoms with Crippen LogP contribution in [-0.2, 0) is 0 Å². The zero-order valence-electron chi connectivity index (χ0n) is 10.7. The van der Waals surface area contributed by atoms with Crippen LogP contribution in [0.3, 0.4) is 0 Å². The number of amides is 1. The van der Waals surface area contributed by atoms with E-state index >= 15 is 0 Å². The highest BCUT2D eigenvalue weighted by atomic mass is 79.9. The Balaban J connectivity index is 2.69. The van der Waals surface area contributed by atoms with Gasteiger partial charge in [-0.25, -0.2) is 0 Å². The number of aliphatic hydroxyl groups is 1. The van der Waals surface area contributed by atoms with Crippen LogP contribution < -0.4 is 11.1 Å². The molecule has 4 N–H and O–H groups in total. The molecule has 1 aromatic carbocycles. The number of benzene rings is 1. The Morgan fingerprint density at radius 3 is 2.83 bits per heavy atom. The Hall–Kier alpha value is -1.07. The molecule has 1 aromatic rings. The predicted molar refractivity (Wildman–Crippen MR) is 76.4 cm³/mol. The highest BCUT2D eigenvalue weighted by Gasteiger charge is 2.20. The van der Waals surface area contributed by atoms with Crippen molar-refractivity contribution in [2.45, 2.75) is 32.3 Å². The van der Waals surface area contributed by atoms with E-state index in [1.54, 1.807) is 25.1 Å². The highest BCUT2D eigenvalue weighted by Crippen LogP contribution is 2.18. The molecule has 4 nitrogen and oxygen atoms in total. The van der Waals surface area contributed by atoms with Crippen molar-refractivity contribution in [1.29, 1.82) is 0 Å². The van der Waals surface area contributed by atoms with Crippen LogP contribution in [0.4, 0.5) is 5.69 Å². The Bertz CT molecular complexity index is 433. The van der Waals surface area contributed by atoms with Crippen LogP contribution in [0.25, 0.3) is 0 Å². The Kier molecular flexibility index (Phi) is 5.16. The Labute approximate surface area is 116 Å². The smallest absolute Gasteiger partial charge is 0.253 e. The van der Waals surface area contributed by atoms with Crippen LogP contribution in [0.1, 0.15) is 37.0 Å². The zero-order valence-corrected chi connectivity index (χ0v) is 12.3. The van der Waals surface area contributed by atoms with E-state index in [1.165, 1.54) is 0 Å². The summed E-state index contributed by atoms with van der Waals surface area (Å²) in [5, 5.41) is 12.7. The van der Waals surface area contributed by atoms with E-state index in [-0.39, 0.29) is 12.5 Å². The molecule has 100 valence electrons. The third-order valence-electron chi connectivity index (χ3n) is 2.68. The van der Waals surface area contributed by atoms with Gasteiger partial charge in [-0.1, -0.05) is 29.3 Å². The average molecular weight is 315 g/mol. The largest absolute Gasteiger partial charge is 0.398 e. The second-order valence-electron chi connectivity index (χ2n) is 4.66. The van der Waals surface area contributed by atoms with Gasteiger partial charge in [-0.3, -0.25) is 4.79 Å². The molecule has 0 aliphatic heterocycles. The van der Waals surface area contributed by atoms with Crippen molar-refractivity contribution in [2.75, 3.05) is 12.3 Å². The van der Waals surface area contributed by atoms with E-state index in [4.69, 9.17) is 5.73 Å². The van der Waals surface area contributed by atoms with Gasteiger partial charge in [-0.05, 0) is 31.5 Å². The number of nitrogen functional groups attached to an aromatic ring is 1. The molecule has 1 unspecified atom stereocenters. The van der Waals surface area contributed by atoms with Gasteiger partial charge in [0.2, 0.25) is 0 Å². The minimum atomic E-state index is -0.884. The van der Waals surface area contributed by atoms with Crippen LogP contribution >= 0.6 is 15.9 Å². The summed E-state index contributed by atoms with van der Waals surface area (Å²) in [5.41, 5.74) is 5.70. The van der Waals surface area contributed by atoms with Gasteiger partial charge < -0.3 is 16.2 Å². The first kappa shape index (κ1) is 15.0. The van der Waals surface area contributed by atoms with Crippen molar-refractivity contribution >= 4 is 27.5 Å². The summed E-state index contributed by atoms with van der Waals surface area (Å²) < 4.78 is 0.794. The second kappa shape index (κ2) is 6.20. The van der Waals surface area contributed by atoms with E-state index < -0.39 is 5.60 Å². The SMILES string of the molecule is CCCC(C)(O)CNC(=O)c1cc(Br)ccc1N. The van der Waals surface area contributed by atoms with Crippen LogP contribution in [-0.4, -0.2) is 23.2 Å². The molecular weight excluding hydrogens is 296 g/mol. The summed E-state index contributed by atoms with van der Waals surface area (Å²) in [4.78, 5) is 11.9. The van der Waals surface area contributed by atoms with E-state index in [2.05, 4.69) is 21.2 Å². The summed E-state index contributed by atoms with van der Waals surface area (Å²) in [6, 6.07) is 5.11. The second-order valence-corrected chi connectivity index (χ2v) is 5.58. The van der Waals surface area contributed by atoms with Gasteiger partial charge in [0.1, 0.15) is 0 Å². The number of carbonyl (C=O) groups is 1. The molecule has 0 fully saturated rings. The summed E-state index contributed by atoms with van der Waals surface area (Å²) >= 11 is 3.30. The molecule has 0 spiro atoms. The van der Waals surface area contributed by atoms with Gasteiger partial charge in [0.05, 0.1) is 11.2 Å². The fourth-order valence-electron chi connectivity index (χ4n) is 1.72. The average Bonchev–Trinajstić information content (AvgIpc) is 2.29. The Morgan fingerprint density at radius 1 is 1.56 bits per heavy atom. The number of halogens is 1. The third kappa shape index (κ3) is 4.31. The van der Waals surface area contributed by atoms with Gasteiger partial charge in [0, 0.05) is 16.7 Å². The van der Waals surface area contributed by atoms with Gasteiger partial charge >= 0.3 is 0 Å². The van der Waals surface area contributed by atoms with Gasteiger partial charge in [-0.2, -0.15) is 0 Å². The molecule has 0 aromatic heterocycles. The summed E-state index contributed by atoms with van der Waals surface area (Å²) in [6.07, 6.45) is 1.50. The minimum Gasteiger partial charge on any atom is -0.398 e. The van der Waals surface area contributed by atoms with E-state index in [9.17, 15) is 9.90 Å². The molecule has 0 bridgehead atoms. The lowest BCUT2D eigenvalue weighted by molar-refractivity contribution is 0.0470. The maximum atomic E-state index is 11.9. The topological polar surface area (TPSA) is 75.3 Å². The van der Waals surface area contributed by atoms with Crippen molar-refractivity contribution in [3.05, 3.63) is 28.2 Å². The summed E-state index contributed by atoms with van der Waals surface area (Å²) in [7, 11) is 0. The highest BCUT2D eigenvalue weighted by molar-refractivity contribution is 9.10. The van der Waals surface area contributed by atoms with Crippen LogP contribution in [0.2, 0.25) is 0 Å². The number of hydrogen-bond donors (Lipinski definition) is 3. The van der Waals surface area contributed by atoms with Gasteiger partial charge in [0.15, 0.2) is 0 Å². The molecular formula is C13H19BrN2O2. The van der Waals surface area contributed by atoms with Crippen molar-refractivity contribution < 1.29 is 9.90 Å². The molecule has 0 heterocycles. The maximum Gasteiger partial charge on any atom is 0.253 e. The normalized spacial score (nSPS) is 14.0. The Morgan fingerprint density at radius 2 is 2.22 bits per heavy atom. The molecule has 0 aliphatic rings. The monoisotopic (exact) mass is 314 g/mol. The fourth-order valence-corrected chi connectivity index (χ4v) is 2.08. The lowest BCUT2D eigenvalue weighted by Crippen LogP contribution is -2.40. The first-order valence-corrected chi connectivity index (χ1v) is 6.70. The third-order valence-corrected chi connectivity index (χ3v) is 3.17. The molecule has 5 heteroatoms. The summed E-state index contributed by atoms with van der Waals surface area (Å²) in [6.45, 7) is 3.91. The number of carbonyl (C=O) groups excluding carboxylic acids is 1. The maximum absolute atomic E-state index is 11.9. The van der Waals surface area contributed by atoms with E-state index in [0.717, 1.165) is 10.9 Å². The standard InChI is InChI=1S/C13H19BrN2O2/c1-3-6-13(2,18)8-16-12(17)10-7-9(14)4-5-11(10)15/h4-5,7,18H,3,6,8,15H2,1-2H3,(H,16,17). The fraction of sp³-hybridized carbons (Fsp3) is 0.462. The number of anilines is 1. The number of hydrogen-bond acceptors (Lipinski definition) is 3. The summed E-state index contributed by atoms with van der Waals surface area (Å²) in [5.74, 6) is -0.273. The van der Waals surface area contributed by atoms with E-state index in [0.29, 0.717) is 17.7 Å². The predicted octanol–water partition coefficient (Wildman–Crippen LogP) is 2.31. The number of rotatable bonds is 5. The lowest BCUT2D eigenvalue weighted by Gasteiger charge is -2.23. The molecule has 0 aliphatic carbocycles. The molecule has 1 rings (SSSR count). The van der Waals surface area contributed by atoms with Crippen molar-refractivity contribution in [3.63, 3.8) is 0 Å². The molecule has 1 atom stereocenters. The number of nitrogens with two attached hydrogens (primary N) is 1. The lowest BCUT2D eigenvalue weighted by atomic mass is 10.0. The number of nitrogens with one attached hydrogen (secondary N) is 1. The first-order chi connectivity index (χ1) is 8.35. The molecule has 1 amide bonds.